The summed E-state index contributed by atoms with van der Waals surface area (Å²) in [4.78, 5) is 25.4. The molecule has 144 valence electrons. The lowest BCUT2D eigenvalue weighted by molar-refractivity contribution is -0.917. The van der Waals surface area contributed by atoms with Gasteiger partial charge in [0.2, 0.25) is 0 Å². The Morgan fingerprint density at radius 2 is 1.93 bits per heavy atom. The van der Waals surface area contributed by atoms with E-state index in [2.05, 4.69) is 48.7 Å². The number of imide groups is 1. The van der Waals surface area contributed by atoms with E-state index in [-0.39, 0.29) is 12.5 Å². The van der Waals surface area contributed by atoms with Gasteiger partial charge in [-0.1, -0.05) is 38.1 Å². The maximum Gasteiger partial charge on any atom is 0.321 e. The van der Waals surface area contributed by atoms with Gasteiger partial charge in [-0.3, -0.25) is 10.1 Å². The monoisotopic (exact) mass is 370 g/mol. The van der Waals surface area contributed by atoms with Gasteiger partial charge < -0.3 is 14.6 Å². The Morgan fingerprint density at radius 3 is 2.52 bits per heavy atom. The van der Waals surface area contributed by atoms with E-state index < -0.39 is 6.03 Å². The summed E-state index contributed by atoms with van der Waals surface area (Å²) in [5.74, 6) is 0.900. The van der Waals surface area contributed by atoms with Gasteiger partial charge in [0.05, 0.1) is 18.8 Å². The molecule has 1 aliphatic carbocycles. The van der Waals surface area contributed by atoms with Gasteiger partial charge in [0.15, 0.2) is 6.54 Å². The highest BCUT2D eigenvalue weighted by Crippen LogP contribution is 2.17. The van der Waals surface area contributed by atoms with Crippen molar-refractivity contribution >= 4 is 11.9 Å². The van der Waals surface area contributed by atoms with Crippen LogP contribution in [0.4, 0.5) is 4.79 Å². The van der Waals surface area contributed by atoms with E-state index >= 15 is 0 Å². The third kappa shape index (κ3) is 5.96. The zero-order valence-electron chi connectivity index (χ0n) is 16.0. The molecule has 3 rings (SSSR count). The van der Waals surface area contributed by atoms with Crippen molar-refractivity contribution in [2.75, 3.05) is 6.54 Å². The van der Waals surface area contributed by atoms with Gasteiger partial charge in [0, 0.05) is 18.4 Å². The lowest BCUT2D eigenvalue weighted by atomic mass is 10.0. The van der Waals surface area contributed by atoms with E-state index in [1.54, 1.807) is 18.4 Å². The summed E-state index contributed by atoms with van der Waals surface area (Å²) in [6.45, 7) is 5.71. The number of carbonyl (C=O) groups is 2. The van der Waals surface area contributed by atoms with Crippen LogP contribution < -0.4 is 15.5 Å². The molecule has 1 aromatic heterocycles. The molecule has 0 aliphatic heterocycles. The molecule has 1 saturated carbocycles. The summed E-state index contributed by atoms with van der Waals surface area (Å²) in [5.41, 5.74) is 2.54. The number of nitrogens with one attached hydrogen (secondary N) is 3. The number of hydrogen-bond acceptors (Lipinski definition) is 3. The second-order valence-electron chi connectivity index (χ2n) is 7.49. The number of urea groups is 1. The Bertz CT molecular complexity index is 749. The van der Waals surface area contributed by atoms with Crippen LogP contribution in [0.15, 0.2) is 47.1 Å². The number of quaternary nitrogens is 1. The number of benzene rings is 1. The average Bonchev–Trinajstić information content (AvgIpc) is 3.35. The Morgan fingerprint density at radius 1 is 1.19 bits per heavy atom. The molecular formula is C21H28N3O3+. The number of furan rings is 1. The van der Waals surface area contributed by atoms with Crippen molar-refractivity contribution in [2.45, 2.75) is 51.7 Å². The van der Waals surface area contributed by atoms with E-state index in [0.717, 1.165) is 19.4 Å². The van der Waals surface area contributed by atoms with Crippen molar-refractivity contribution in [2.24, 2.45) is 0 Å². The molecule has 3 amide bonds. The highest BCUT2D eigenvalue weighted by molar-refractivity contribution is 5.94. The van der Waals surface area contributed by atoms with Crippen molar-refractivity contribution in [1.82, 2.24) is 10.6 Å². The first-order valence-electron chi connectivity index (χ1n) is 9.54. The maximum atomic E-state index is 12.3. The van der Waals surface area contributed by atoms with Gasteiger partial charge in [0.25, 0.3) is 5.91 Å². The molecule has 27 heavy (non-hydrogen) atoms. The minimum atomic E-state index is -0.493. The quantitative estimate of drug-likeness (QED) is 0.665. The fourth-order valence-corrected chi connectivity index (χ4v) is 3.13. The molecule has 1 aliphatic rings. The van der Waals surface area contributed by atoms with Gasteiger partial charge in [-0.25, -0.2) is 4.79 Å². The van der Waals surface area contributed by atoms with Crippen LogP contribution in [0.25, 0.3) is 0 Å². The van der Waals surface area contributed by atoms with Gasteiger partial charge in [-0.2, -0.15) is 0 Å². The van der Waals surface area contributed by atoms with E-state index in [0.29, 0.717) is 24.3 Å². The Balaban J connectivity index is 1.48. The molecule has 0 spiro atoms. The summed E-state index contributed by atoms with van der Waals surface area (Å²) in [5, 5.41) is 5.04. The van der Waals surface area contributed by atoms with E-state index in [4.69, 9.17) is 4.42 Å². The number of carbonyl (C=O) groups excluding carboxylic acids is 2. The summed E-state index contributed by atoms with van der Waals surface area (Å²) < 4.78 is 5.15. The van der Waals surface area contributed by atoms with E-state index in [9.17, 15) is 9.59 Å². The minimum Gasteiger partial charge on any atom is -0.467 e. The van der Waals surface area contributed by atoms with Crippen molar-refractivity contribution in [3.05, 3.63) is 59.5 Å². The van der Waals surface area contributed by atoms with Crippen molar-refractivity contribution < 1.29 is 18.9 Å². The Hall–Kier alpha value is -2.60. The first-order chi connectivity index (χ1) is 13.0. The fraction of sp³-hybridized carbons (Fsp3) is 0.429. The lowest BCUT2D eigenvalue weighted by Gasteiger charge is -2.19. The molecule has 1 fully saturated rings. The highest BCUT2D eigenvalue weighted by atomic mass is 16.3. The van der Waals surface area contributed by atoms with Crippen molar-refractivity contribution in [3.63, 3.8) is 0 Å². The molecule has 0 radical (unpaired) electrons. The predicted octanol–water partition coefficient (Wildman–Crippen LogP) is 1.98. The first-order valence-corrected chi connectivity index (χ1v) is 9.54. The molecule has 1 atom stereocenters. The molecule has 2 aromatic rings. The first kappa shape index (κ1) is 19.2. The smallest absolute Gasteiger partial charge is 0.321 e. The summed E-state index contributed by atoms with van der Waals surface area (Å²) >= 11 is 0. The topological polar surface area (TPSA) is 75.8 Å². The minimum absolute atomic E-state index is 0.257. The fourth-order valence-electron chi connectivity index (χ4n) is 3.13. The van der Waals surface area contributed by atoms with Gasteiger partial charge in [-0.15, -0.1) is 0 Å². The van der Waals surface area contributed by atoms with Gasteiger partial charge >= 0.3 is 6.03 Å². The van der Waals surface area contributed by atoms with Crippen molar-refractivity contribution in [1.29, 1.82) is 0 Å². The number of hydrogen-bond donors (Lipinski definition) is 3. The zero-order valence-corrected chi connectivity index (χ0v) is 16.0. The van der Waals surface area contributed by atoms with Crippen LogP contribution in [-0.4, -0.2) is 24.5 Å². The summed E-state index contributed by atoms with van der Waals surface area (Å²) in [6.07, 6.45) is 3.82. The zero-order chi connectivity index (χ0) is 19.2. The Kier molecular flexibility index (Phi) is 6.29. The van der Waals surface area contributed by atoms with Crippen LogP contribution >= 0.6 is 0 Å². The SMILES string of the molecule is CC(C)c1ccc(C[NH+](CC(=O)NC(=O)NCc2ccco2)C2CC2)cc1. The van der Waals surface area contributed by atoms with E-state index in [1.165, 1.54) is 16.0 Å². The van der Waals surface area contributed by atoms with Crippen LogP contribution in [-0.2, 0) is 17.9 Å². The van der Waals surface area contributed by atoms with Gasteiger partial charge in [0.1, 0.15) is 12.3 Å². The predicted molar refractivity (Wildman–Crippen MR) is 102 cm³/mol. The summed E-state index contributed by atoms with van der Waals surface area (Å²) in [7, 11) is 0. The van der Waals surface area contributed by atoms with Crippen LogP contribution in [0.5, 0.6) is 0 Å². The normalized spacial score (nSPS) is 14.8. The lowest BCUT2D eigenvalue weighted by Crippen LogP contribution is -3.13. The number of amides is 3. The standard InChI is InChI=1S/C21H27N3O3/c1-15(2)17-7-5-16(6-8-17)13-24(18-9-10-18)14-20(25)23-21(26)22-12-19-4-3-11-27-19/h3-8,11,15,18H,9-10,12-14H2,1-2H3,(H2,22,23,25,26)/p+1. The molecule has 3 N–H and O–H groups in total. The molecule has 1 heterocycles. The maximum absolute atomic E-state index is 12.3. The average molecular weight is 370 g/mol. The van der Waals surface area contributed by atoms with Gasteiger partial charge in [-0.05, 0) is 23.6 Å². The number of rotatable bonds is 8. The molecule has 6 heteroatoms. The third-order valence-corrected chi connectivity index (χ3v) is 4.88. The molecule has 0 bridgehead atoms. The van der Waals surface area contributed by atoms with Crippen LogP contribution in [0.1, 0.15) is 49.5 Å². The largest absolute Gasteiger partial charge is 0.467 e. The highest BCUT2D eigenvalue weighted by Gasteiger charge is 2.34. The second kappa shape index (κ2) is 8.86. The Labute approximate surface area is 159 Å². The van der Waals surface area contributed by atoms with E-state index in [1.807, 2.05) is 0 Å². The second-order valence-corrected chi connectivity index (χ2v) is 7.49. The summed E-state index contributed by atoms with van der Waals surface area (Å²) in [6, 6.07) is 12.1. The van der Waals surface area contributed by atoms with Crippen LogP contribution in [0, 0.1) is 0 Å². The molecular weight excluding hydrogens is 342 g/mol. The van der Waals surface area contributed by atoms with Crippen molar-refractivity contribution in [3.8, 4) is 0 Å². The molecule has 0 saturated heterocycles. The van der Waals surface area contributed by atoms with Crippen LogP contribution in [0.2, 0.25) is 0 Å². The molecule has 1 unspecified atom stereocenters. The molecule has 1 aromatic carbocycles. The molecule has 6 nitrogen and oxygen atoms in total. The van der Waals surface area contributed by atoms with Crippen LogP contribution in [0.3, 0.4) is 0 Å². The third-order valence-electron chi connectivity index (χ3n) is 4.88.